The number of benzene rings is 1. The first-order valence-electron chi connectivity index (χ1n) is 4.94. The van der Waals surface area contributed by atoms with Crippen LogP contribution in [-0.2, 0) is 4.74 Å². The summed E-state index contributed by atoms with van der Waals surface area (Å²) in [6.07, 6.45) is 1.34. The van der Waals surface area contributed by atoms with Crippen LogP contribution in [0.1, 0.15) is 12.0 Å². The number of hydrogen-bond donors (Lipinski definition) is 1. The summed E-state index contributed by atoms with van der Waals surface area (Å²) in [6.45, 7) is 3.76. The first-order chi connectivity index (χ1) is 7.76. The predicted octanol–water partition coefficient (Wildman–Crippen LogP) is 2.23. The number of ether oxygens (including phenoxy) is 2. The highest BCUT2D eigenvalue weighted by Crippen LogP contribution is 2.13. The van der Waals surface area contributed by atoms with E-state index in [1.54, 1.807) is 30.3 Å². The van der Waals surface area contributed by atoms with Gasteiger partial charge in [0.2, 0.25) is 0 Å². The first-order valence-corrected chi connectivity index (χ1v) is 4.94. The maximum absolute atomic E-state index is 11.1. The van der Waals surface area contributed by atoms with E-state index in [2.05, 4.69) is 6.58 Å². The third-order valence-electron chi connectivity index (χ3n) is 1.84. The zero-order valence-electron chi connectivity index (χ0n) is 8.89. The molecule has 0 aliphatic carbocycles. The molecule has 0 heterocycles. The molecular formula is C12H14O4. The lowest BCUT2D eigenvalue weighted by Gasteiger charge is -2.05. The Morgan fingerprint density at radius 1 is 1.38 bits per heavy atom. The van der Waals surface area contributed by atoms with Crippen LogP contribution < -0.4 is 4.74 Å². The molecular weight excluding hydrogens is 208 g/mol. The van der Waals surface area contributed by atoms with Gasteiger partial charge in [0.1, 0.15) is 5.75 Å². The minimum absolute atomic E-state index is 0.0126. The molecule has 0 amide bonds. The van der Waals surface area contributed by atoms with Gasteiger partial charge in [0, 0.05) is 13.0 Å². The van der Waals surface area contributed by atoms with E-state index in [4.69, 9.17) is 14.6 Å². The second-order valence-corrected chi connectivity index (χ2v) is 3.05. The zero-order valence-corrected chi connectivity index (χ0v) is 8.89. The summed E-state index contributed by atoms with van der Waals surface area (Å²) in [6, 6.07) is 6.88. The van der Waals surface area contributed by atoms with Gasteiger partial charge in [0.25, 0.3) is 0 Å². The molecule has 0 bridgehead atoms. The molecule has 1 N–H and O–H groups in total. The van der Waals surface area contributed by atoms with Gasteiger partial charge in [-0.3, -0.25) is 0 Å². The van der Waals surface area contributed by atoms with Crippen LogP contribution in [-0.4, -0.2) is 24.5 Å². The summed E-state index contributed by atoms with van der Waals surface area (Å²) in [5.41, 5.74) is 0.945. The molecule has 0 radical (unpaired) electrons. The van der Waals surface area contributed by atoms with Gasteiger partial charge in [-0.25, -0.2) is 4.79 Å². The van der Waals surface area contributed by atoms with Gasteiger partial charge in [-0.2, -0.15) is 0 Å². The number of aliphatic hydroxyl groups is 1. The number of carbonyl (C=O) groups excluding carboxylic acids is 1. The second-order valence-electron chi connectivity index (χ2n) is 3.05. The summed E-state index contributed by atoms with van der Waals surface area (Å²) in [4.78, 5) is 11.1. The van der Waals surface area contributed by atoms with Crippen molar-refractivity contribution in [2.24, 2.45) is 0 Å². The molecule has 0 aromatic heterocycles. The van der Waals surface area contributed by atoms with E-state index in [1.807, 2.05) is 0 Å². The van der Waals surface area contributed by atoms with Crippen molar-refractivity contribution in [1.29, 1.82) is 0 Å². The normalized spacial score (nSPS) is 9.56. The van der Waals surface area contributed by atoms with Crippen molar-refractivity contribution in [3.63, 3.8) is 0 Å². The summed E-state index contributed by atoms with van der Waals surface area (Å²) in [7, 11) is 0. The van der Waals surface area contributed by atoms with Crippen molar-refractivity contribution in [2.75, 3.05) is 13.2 Å². The molecule has 0 spiro atoms. The molecule has 4 nitrogen and oxygen atoms in total. The van der Waals surface area contributed by atoms with Crippen LogP contribution in [0.3, 0.4) is 0 Å². The third-order valence-corrected chi connectivity index (χ3v) is 1.84. The molecule has 0 fully saturated rings. The number of carbonyl (C=O) groups is 1. The first kappa shape index (κ1) is 12.3. The summed E-state index contributed by atoms with van der Waals surface area (Å²) in [5, 5.41) is 8.49. The fraction of sp³-hybridized carbons (Fsp3) is 0.250. The average Bonchev–Trinajstić information content (AvgIpc) is 2.30. The van der Waals surface area contributed by atoms with Crippen molar-refractivity contribution in [1.82, 2.24) is 0 Å². The Balaban J connectivity index is 2.40. The van der Waals surface area contributed by atoms with E-state index in [1.165, 1.54) is 0 Å². The van der Waals surface area contributed by atoms with Crippen LogP contribution in [0.2, 0.25) is 0 Å². The molecule has 0 aliphatic heterocycles. The van der Waals surface area contributed by atoms with Crippen molar-refractivity contribution in [2.45, 2.75) is 6.42 Å². The smallest absolute Gasteiger partial charge is 0.434 e. The molecule has 0 atom stereocenters. The molecule has 0 saturated carbocycles. The van der Waals surface area contributed by atoms with Crippen LogP contribution in [0.25, 0.3) is 6.08 Å². The summed E-state index contributed by atoms with van der Waals surface area (Å²) < 4.78 is 9.58. The van der Waals surface area contributed by atoms with Crippen LogP contribution in [0.4, 0.5) is 4.79 Å². The van der Waals surface area contributed by atoms with Gasteiger partial charge in [0.15, 0.2) is 0 Å². The minimum Gasteiger partial charge on any atom is -0.434 e. The van der Waals surface area contributed by atoms with E-state index >= 15 is 0 Å². The van der Waals surface area contributed by atoms with Gasteiger partial charge in [-0.15, -0.1) is 0 Å². The number of aliphatic hydroxyl groups excluding tert-OH is 1. The van der Waals surface area contributed by atoms with E-state index in [-0.39, 0.29) is 13.2 Å². The number of hydrogen-bond acceptors (Lipinski definition) is 4. The van der Waals surface area contributed by atoms with Crippen molar-refractivity contribution in [3.8, 4) is 5.75 Å². The highest BCUT2D eigenvalue weighted by atomic mass is 16.7. The van der Waals surface area contributed by atoms with Crippen LogP contribution in [0.5, 0.6) is 5.75 Å². The highest BCUT2D eigenvalue weighted by molar-refractivity contribution is 5.64. The Morgan fingerprint density at radius 2 is 2.06 bits per heavy atom. The largest absolute Gasteiger partial charge is 0.513 e. The third kappa shape index (κ3) is 4.14. The number of rotatable bonds is 5. The van der Waals surface area contributed by atoms with Crippen LogP contribution >= 0.6 is 0 Å². The van der Waals surface area contributed by atoms with Crippen molar-refractivity contribution >= 4 is 12.2 Å². The van der Waals surface area contributed by atoms with Crippen LogP contribution in [0, 0.1) is 0 Å². The van der Waals surface area contributed by atoms with E-state index < -0.39 is 6.16 Å². The Labute approximate surface area is 94.1 Å². The molecule has 0 saturated heterocycles. The Bertz CT molecular complexity index is 343. The SMILES string of the molecule is C=Cc1ccc(OC(=O)OCCCO)cc1. The Morgan fingerprint density at radius 3 is 2.62 bits per heavy atom. The second kappa shape index (κ2) is 6.63. The van der Waals surface area contributed by atoms with Gasteiger partial charge in [0.05, 0.1) is 6.61 Å². The fourth-order valence-electron chi connectivity index (χ4n) is 1.02. The van der Waals surface area contributed by atoms with Crippen LogP contribution in [0.15, 0.2) is 30.8 Å². The Hall–Kier alpha value is -1.81. The van der Waals surface area contributed by atoms with Gasteiger partial charge < -0.3 is 14.6 Å². The topological polar surface area (TPSA) is 55.8 Å². The average molecular weight is 222 g/mol. The molecule has 16 heavy (non-hydrogen) atoms. The summed E-state index contributed by atoms with van der Waals surface area (Å²) in [5.74, 6) is 0.416. The van der Waals surface area contributed by atoms with Gasteiger partial charge in [-0.05, 0) is 17.7 Å². The monoisotopic (exact) mass is 222 g/mol. The molecule has 1 rings (SSSR count). The van der Waals surface area contributed by atoms with Crippen molar-refractivity contribution in [3.05, 3.63) is 36.4 Å². The highest BCUT2D eigenvalue weighted by Gasteiger charge is 2.04. The lowest BCUT2D eigenvalue weighted by atomic mass is 10.2. The predicted molar refractivity (Wildman–Crippen MR) is 60.2 cm³/mol. The molecule has 0 aliphatic rings. The molecule has 0 unspecified atom stereocenters. The fourth-order valence-corrected chi connectivity index (χ4v) is 1.02. The maximum Gasteiger partial charge on any atom is 0.513 e. The summed E-state index contributed by atoms with van der Waals surface area (Å²) >= 11 is 0. The van der Waals surface area contributed by atoms with Crippen molar-refractivity contribution < 1.29 is 19.4 Å². The zero-order chi connectivity index (χ0) is 11.8. The Kier molecular flexibility index (Phi) is 5.08. The maximum atomic E-state index is 11.1. The quantitative estimate of drug-likeness (QED) is 0.471. The lowest BCUT2D eigenvalue weighted by Crippen LogP contribution is -2.12. The lowest BCUT2D eigenvalue weighted by molar-refractivity contribution is 0.0925. The van der Waals surface area contributed by atoms with E-state index in [0.717, 1.165) is 5.56 Å². The van der Waals surface area contributed by atoms with Gasteiger partial charge in [-0.1, -0.05) is 24.8 Å². The molecule has 86 valence electrons. The van der Waals surface area contributed by atoms with E-state index in [9.17, 15) is 4.79 Å². The van der Waals surface area contributed by atoms with E-state index in [0.29, 0.717) is 12.2 Å². The molecule has 1 aromatic carbocycles. The molecule has 4 heteroatoms. The molecule has 1 aromatic rings. The standard InChI is InChI=1S/C12H14O4/c1-2-10-4-6-11(7-5-10)16-12(14)15-9-3-8-13/h2,4-7,13H,1,3,8-9H2. The minimum atomic E-state index is -0.764. The van der Waals surface area contributed by atoms with Gasteiger partial charge >= 0.3 is 6.16 Å².